The van der Waals surface area contributed by atoms with Crippen LogP contribution in [0.25, 0.3) is 0 Å². The molecule has 4 heteroatoms. The highest BCUT2D eigenvalue weighted by molar-refractivity contribution is 9.10. The maximum Gasteiger partial charge on any atom is 0.0328 e. The van der Waals surface area contributed by atoms with Gasteiger partial charge < -0.3 is 0 Å². The molecule has 0 N–H and O–H groups in total. The van der Waals surface area contributed by atoms with Crippen molar-refractivity contribution in [1.29, 1.82) is 0 Å². The van der Waals surface area contributed by atoms with Gasteiger partial charge in [-0.25, -0.2) is 0 Å². The Labute approximate surface area is 107 Å². The average Bonchev–Trinajstić information content (AvgIpc) is 2.58. The van der Waals surface area contributed by atoms with Gasteiger partial charge in [0.05, 0.1) is 0 Å². The molecular formula is C10H15Br2NS. The smallest absolute Gasteiger partial charge is 0.0328 e. The molecule has 0 saturated heterocycles. The highest BCUT2D eigenvalue weighted by Crippen LogP contribution is 2.21. The van der Waals surface area contributed by atoms with Crippen molar-refractivity contribution < 1.29 is 0 Å². The van der Waals surface area contributed by atoms with Gasteiger partial charge in [-0.2, -0.15) is 0 Å². The van der Waals surface area contributed by atoms with Crippen LogP contribution in [0.3, 0.4) is 0 Å². The minimum Gasteiger partial charge on any atom is -0.299 e. The van der Waals surface area contributed by atoms with Crippen LogP contribution >= 0.6 is 43.2 Å². The Morgan fingerprint density at radius 3 is 2.79 bits per heavy atom. The fourth-order valence-electron chi connectivity index (χ4n) is 1.29. The molecular weight excluding hydrogens is 326 g/mol. The lowest BCUT2D eigenvalue weighted by molar-refractivity contribution is 0.284. The SMILES string of the molecule is CCN(CCCBr)Cc1cc(Br)cs1. The van der Waals surface area contributed by atoms with Gasteiger partial charge in [-0.05, 0) is 41.5 Å². The van der Waals surface area contributed by atoms with E-state index in [4.69, 9.17) is 0 Å². The molecule has 80 valence electrons. The van der Waals surface area contributed by atoms with Gasteiger partial charge in [0.25, 0.3) is 0 Å². The molecule has 1 rings (SSSR count). The van der Waals surface area contributed by atoms with Gasteiger partial charge in [0.15, 0.2) is 0 Å². The fraction of sp³-hybridized carbons (Fsp3) is 0.600. The Balaban J connectivity index is 2.40. The summed E-state index contributed by atoms with van der Waals surface area (Å²) in [5.74, 6) is 0. The predicted molar refractivity (Wildman–Crippen MR) is 71.4 cm³/mol. The summed E-state index contributed by atoms with van der Waals surface area (Å²) in [4.78, 5) is 3.91. The van der Waals surface area contributed by atoms with E-state index in [1.54, 1.807) is 0 Å². The van der Waals surface area contributed by atoms with Crippen LogP contribution in [0.2, 0.25) is 0 Å². The van der Waals surface area contributed by atoms with Crippen molar-refractivity contribution in [3.8, 4) is 0 Å². The van der Waals surface area contributed by atoms with Gasteiger partial charge in [0.2, 0.25) is 0 Å². The van der Waals surface area contributed by atoms with E-state index >= 15 is 0 Å². The summed E-state index contributed by atoms with van der Waals surface area (Å²) in [5.41, 5.74) is 0. The largest absolute Gasteiger partial charge is 0.299 e. The van der Waals surface area contributed by atoms with Gasteiger partial charge in [-0.3, -0.25) is 4.90 Å². The van der Waals surface area contributed by atoms with Crippen LogP contribution in [0.4, 0.5) is 0 Å². The zero-order chi connectivity index (χ0) is 10.4. The Morgan fingerprint density at radius 1 is 1.50 bits per heavy atom. The Kier molecular flexibility index (Phi) is 6.33. The highest BCUT2D eigenvalue weighted by Gasteiger charge is 2.04. The van der Waals surface area contributed by atoms with Crippen LogP contribution in [0.1, 0.15) is 18.2 Å². The molecule has 1 aromatic rings. The second kappa shape index (κ2) is 6.99. The molecule has 1 aromatic heterocycles. The third kappa shape index (κ3) is 4.43. The quantitative estimate of drug-likeness (QED) is 0.704. The summed E-state index contributed by atoms with van der Waals surface area (Å²) in [6.45, 7) is 5.61. The van der Waals surface area contributed by atoms with Crippen LogP contribution in [-0.2, 0) is 6.54 Å². The first kappa shape index (κ1) is 12.7. The van der Waals surface area contributed by atoms with Crippen molar-refractivity contribution in [3.63, 3.8) is 0 Å². The molecule has 0 amide bonds. The number of hydrogen-bond donors (Lipinski definition) is 0. The number of halogens is 2. The molecule has 0 aromatic carbocycles. The number of rotatable bonds is 6. The molecule has 0 aliphatic heterocycles. The summed E-state index contributed by atoms with van der Waals surface area (Å²) >= 11 is 8.77. The van der Waals surface area contributed by atoms with Crippen LogP contribution in [0.5, 0.6) is 0 Å². The van der Waals surface area contributed by atoms with Gasteiger partial charge in [0.1, 0.15) is 0 Å². The summed E-state index contributed by atoms with van der Waals surface area (Å²) in [6, 6.07) is 2.21. The van der Waals surface area contributed by atoms with Crippen molar-refractivity contribution in [2.24, 2.45) is 0 Å². The minimum absolute atomic E-state index is 1.08. The number of alkyl halides is 1. The van der Waals surface area contributed by atoms with Gasteiger partial charge in [-0.1, -0.05) is 22.9 Å². The minimum atomic E-state index is 1.08. The Bertz CT molecular complexity index is 262. The van der Waals surface area contributed by atoms with Crippen LogP contribution in [0.15, 0.2) is 15.9 Å². The molecule has 0 unspecified atom stereocenters. The van der Waals surface area contributed by atoms with Gasteiger partial charge >= 0.3 is 0 Å². The van der Waals surface area contributed by atoms with E-state index in [-0.39, 0.29) is 0 Å². The summed E-state index contributed by atoms with van der Waals surface area (Å²) in [6.07, 6.45) is 1.22. The van der Waals surface area contributed by atoms with Crippen molar-refractivity contribution in [1.82, 2.24) is 4.90 Å². The lowest BCUT2D eigenvalue weighted by atomic mass is 10.3. The first-order chi connectivity index (χ1) is 6.76. The summed E-state index contributed by atoms with van der Waals surface area (Å²) in [7, 11) is 0. The Morgan fingerprint density at radius 2 is 2.29 bits per heavy atom. The number of thiophene rings is 1. The fourth-order valence-corrected chi connectivity index (χ4v) is 3.03. The summed E-state index contributed by atoms with van der Waals surface area (Å²) < 4.78 is 1.20. The third-order valence-electron chi connectivity index (χ3n) is 2.06. The van der Waals surface area contributed by atoms with E-state index in [9.17, 15) is 0 Å². The molecule has 0 spiro atoms. The van der Waals surface area contributed by atoms with Gasteiger partial charge in [0, 0.05) is 26.6 Å². The molecule has 14 heavy (non-hydrogen) atoms. The van der Waals surface area contributed by atoms with Gasteiger partial charge in [-0.15, -0.1) is 11.3 Å². The second-order valence-corrected chi connectivity index (χ2v) is 5.85. The molecule has 0 radical (unpaired) electrons. The zero-order valence-corrected chi connectivity index (χ0v) is 12.3. The lowest BCUT2D eigenvalue weighted by Gasteiger charge is -2.18. The van der Waals surface area contributed by atoms with Crippen molar-refractivity contribution >= 4 is 43.2 Å². The summed E-state index contributed by atoms with van der Waals surface area (Å²) in [5, 5.41) is 3.24. The van der Waals surface area contributed by atoms with E-state index in [1.807, 2.05) is 11.3 Å². The molecule has 0 aliphatic rings. The lowest BCUT2D eigenvalue weighted by Crippen LogP contribution is -2.23. The molecule has 1 heterocycles. The van der Waals surface area contributed by atoms with Crippen LogP contribution < -0.4 is 0 Å². The Hall–Kier alpha value is 0.620. The van der Waals surface area contributed by atoms with Crippen LogP contribution in [0, 0.1) is 0 Å². The molecule has 0 aliphatic carbocycles. The third-order valence-corrected chi connectivity index (χ3v) is 4.30. The zero-order valence-electron chi connectivity index (χ0n) is 8.30. The maximum atomic E-state index is 3.48. The monoisotopic (exact) mass is 339 g/mol. The van der Waals surface area contributed by atoms with E-state index in [1.165, 1.54) is 22.3 Å². The number of hydrogen-bond acceptors (Lipinski definition) is 2. The molecule has 0 fully saturated rings. The highest BCUT2D eigenvalue weighted by atomic mass is 79.9. The van der Waals surface area contributed by atoms with E-state index < -0.39 is 0 Å². The first-order valence-corrected chi connectivity index (χ1v) is 7.57. The van der Waals surface area contributed by atoms with E-state index in [2.05, 4.69) is 55.1 Å². The number of nitrogens with zero attached hydrogens (tertiary/aromatic N) is 1. The standard InChI is InChI=1S/C10H15Br2NS/c1-2-13(5-3-4-11)7-10-6-9(12)8-14-10/h6,8H,2-5,7H2,1H3. The van der Waals surface area contributed by atoms with E-state index in [0.717, 1.165) is 18.4 Å². The molecule has 0 saturated carbocycles. The molecule has 1 nitrogen and oxygen atoms in total. The van der Waals surface area contributed by atoms with Crippen molar-refractivity contribution in [2.75, 3.05) is 18.4 Å². The van der Waals surface area contributed by atoms with E-state index in [0.29, 0.717) is 0 Å². The topological polar surface area (TPSA) is 3.24 Å². The maximum absolute atomic E-state index is 3.48. The molecule has 0 atom stereocenters. The first-order valence-electron chi connectivity index (χ1n) is 4.77. The predicted octanol–water partition coefficient (Wildman–Crippen LogP) is 4.12. The van der Waals surface area contributed by atoms with Crippen molar-refractivity contribution in [3.05, 3.63) is 20.8 Å². The second-order valence-electron chi connectivity index (χ2n) is 3.14. The normalized spacial score (nSPS) is 11.1. The van der Waals surface area contributed by atoms with Crippen LogP contribution in [-0.4, -0.2) is 23.3 Å². The molecule has 0 bridgehead atoms. The average molecular weight is 341 g/mol. The van der Waals surface area contributed by atoms with Crippen molar-refractivity contribution in [2.45, 2.75) is 19.9 Å².